The van der Waals surface area contributed by atoms with Gasteiger partial charge in [-0.15, -0.1) is 0 Å². The molecule has 4 rings (SSSR count). The molecule has 1 aromatic rings. The van der Waals surface area contributed by atoms with E-state index in [1.165, 1.54) is 4.90 Å². The van der Waals surface area contributed by atoms with Crippen molar-refractivity contribution >= 4 is 11.9 Å². The smallest absolute Gasteiger partial charge is 0.264 e. The molecule has 1 aromatic carbocycles. The molecular weight excluding hydrogens is 290 g/mol. The number of benzene rings is 1. The van der Waals surface area contributed by atoms with Gasteiger partial charge in [0.15, 0.2) is 5.54 Å². The third-order valence-corrected chi connectivity index (χ3v) is 4.83. The van der Waals surface area contributed by atoms with E-state index in [2.05, 4.69) is 0 Å². The summed E-state index contributed by atoms with van der Waals surface area (Å²) in [5.41, 5.74) is 0.970. The first-order valence-electron chi connectivity index (χ1n) is 7.48. The molecule has 2 aliphatic heterocycles. The summed E-state index contributed by atoms with van der Waals surface area (Å²) in [7, 11) is 3.28. The summed E-state index contributed by atoms with van der Waals surface area (Å²) in [5.74, 6) is 0.882. The molecule has 3 aliphatic rings. The average Bonchev–Trinajstić information content (AvgIpc) is 2.70. The molecule has 2 heterocycles. The predicted octanol–water partition coefficient (Wildman–Crippen LogP) is 2.00. The first-order valence-corrected chi connectivity index (χ1v) is 7.48. The van der Waals surface area contributed by atoms with E-state index in [1.54, 1.807) is 14.2 Å². The normalized spacial score (nSPS) is 28.5. The van der Waals surface area contributed by atoms with Crippen LogP contribution in [0.4, 0.5) is 0 Å². The van der Waals surface area contributed by atoms with E-state index < -0.39 is 5.54 Å². The molecule has 0 saturated carbocycles. The second kappa shape index (κ2) is 4.59. The maximum absolute atomic E-state index is 13.0. The van der Waals surface area contributed by atoms with Gasteiger partial charge in [0.2, 0.25) is 5.96 Å². The Bertz CT molecular complexity index is 794. The molecule has 1 N–H and O–H groups in total. The van der Waals surface area contributed by atoms with Crippen molar-refractivity contribution in [2.75, 3.05) is 14.2 Å². The Balaban J connectivity index is 1.95. The molecule has 0 radical (unpaired) electrons. The van der Waals surface area contributed by atoms with E-state index in [4.69, 9.17) is 10.1 Å². The van der Waals surface area contributed by atoms with Crippen molar-refractivity contribution < 1.29 is 9.53 Å². The molecule has 23 heavy (non-hydrogen) atoms. The number of hydrogen-bond donors (Lipinski definition) is 1. The lowest BCUT2D eigenvalue weighted by Crippen LogP contribution is -2.65. The van der Waals surface area contributed by atoms with Crippen molar-refractivity contribution in [1.29, 1.82) is 5.41 Å². The number of ether oxygens (including phenoxy) is 1. The maximum atomic E-state index is 13.0. The molecule has 1 aliphatic carbocycles. The minimum Gasteiger partial charge on any atom is -0.497 e. The van der Waals surface area contributed by atoms with Crippen LogP contribution in [0.25, 0.3) is 0 Å². The van der Waals surface area contributed by atoms with Crippen LogP contribution in [0.2, 0.25) is 0 Å². The summed E-state index contributed by atoms with van der Waals surface area (Å²) in [4.78, 5) is 16.3. The maximum Gasteiger partial charge on any atom is 0.264 e. The lowest BCUT2D eigenvalue weighted by Gasteiger charge is -2.53. The van der Waals surface area contributed by atoms with Gasteiger partial charge in [-0.05, 0) is 23.3 Å². The number of rotatable bonds is 2. The number of allylic oxidation sites excluding steroid dienone is 3. The van der Waals surface area contributed by atoms with Crippen LogP contribution in [0.15, 0.2) is 66.0 Å². The number of likely N-dealkylation sites (N-methyl/N-ethyl adjacent to an activating group) is 1. The number of carbonyl (C=O) groups is 1. The quantitative estimate of drug-likeness (QED) is 0.909. The van der Waals surface area contributed by atoms with E-state index >= 15 is 0 Å². The highest BCUT2D eigenvalue weighted by molar-refractivity contribution is 6.13. The third kappa shape index (κ3) is 1.51. The lowest BCUT2D eigenvalue weighted by atomic mass is 9.69. The standard InChI is InChI=1S/C18H17N3O2/c1-20-16(22)18(12-6-4-3-5-7-12)14-10-8-13(23-2)9-11-15(14)21(18)17(20)19/h3-11,15,19H,1-2H3. The molecule has 5 heteroatoms. The molecule has 5 nitrogen and oxygen atoms in total. The molecule has 1 amide bonds. The van der Waals surface area contributed by atoms with Crippen LogP contribution in [0, 0.1) is 5.41 Å². The van der Waals surface area contributed by atoms with Crippen LogP contribution < -0.4 is 0 Å². The molecule has 2 saturated heterocycles. The summed E-state index contributed by atoms with van der Waals surface area (Å²) in [6, 6.07) is 9.58. The monoisotopic (exact) mass is 307 g/mol. The Morgan fingerprint density at radius 1 is 1.22 bits per heavy atom. The zero-order valence-corrected chi connectivity index (χ0v) is 13.0. The number of guanidine groups is 1. The van der Waals surface area contributed by atoms with Crippen LogP contribution in [0.3, 0.4) is 0 Å². The first kappa shape index (κ1) is 13.8. The van der Waals surface area contributed by atoms with Crippen LogP contribution >= 0.6 is 0 Å². The van der Waals surface area contributed by atoms with Crippen LogP contribution in [-0.4, -0.2) is 41.9 Å². The van der Waals surface area contributed by atoms with Gasteiger partial charge < -0.3 is 9.64 Å². The minimum absolute atomic E-state index is 0.0844. The Morgan fingerprint density at radius 2 is 1.96 bits per heavy atom. The van der Waals surface area contributed by atoms with Gasteiger partial charge >= 0.3 is 0 Å². The van der Waals surface area contributed by atoms with Crippen LogP contribution in [0.1, 0.15) is 5.56 Å². The van der Waals surface area contributed by atoms with E-state index in [9.17, 15) is 4.79 Å². The summed E-state index contributed by atoms with van der Waals surface area (Å²) < 4.78 is 5.29. The Kier molecular flexibility index (Phi) is 2.75. The molecule has 116 valence electrons. The summed E-state index contributed by atoms with van der Waals surface area (Å²) in [6.07, 6.45) is 7.70. The number of methoxy groups -OCH3 is 1. The van der Waals surface area contributed by atoms with Gasteiger partial charge in [0.1, 0.15) is 5.76 Å². The van der Waals surface area contributed by atoms with Crippen molar-refractivity contribution in [1.82, 2.24) is 9.80 Å². The number of hydrogen-bond acceptors (Lipinski definition) is 3. The second-order valence-electron chi connectivity index (χ2n) is 5.83. The second-order valence-corrected chi connectivity index (χ2v) is 5.83. The van der Waals surface area contributed by atoms with Crippen molar-refractivity contribution in [3.8, 4) is 0 Å². The summed E-state index contributed by atoms with van der Waals surface area (Å²) in [6.45, 7) is 0. The highest BCUT2D eigenvalue weighted by Crippen LogP contribution is 2.55. The molecule has 2 unspecified atom stereocenters. The van der Waals surface area contributed by atoms with Gasteiger partial charge in [0.25, 0.3) is 5.91 Å². The summed E-state index contributed by atoms with van der Waals surface area (Å²) in [5, 5.41) is 8.36. The fourth-order valence-corrected chi connectivity index (χ4v) is 3.72. The van der Waals surface area contributed by atoms with Gasteiger partial charge in [-0.2, -0.15) is 0 Å². The number of nitrogens with one attached hydrogen (secondary N) is 1. The van der Waals surface area contributed by atoms with Gasteiger partial charge in [0.05, 0.1) is 13.2 Å². The largest absolute Gasteiger partial charge is 0.497 e. The van der Waals surface area contributed by atoms with Gasteiger partial charge in [-0.25, -0.2) is 0 Å². The van der Waals surface area contributed by atoms with Crippen molar-refractivity contribution in [2.24, 2.45) is 0 Å². The Hall–Kier alpha value is -2.82. The topological polar surface area (TPSA) is 56.6 Å². The van der Waals surface area contributed by atoms with Gasteiger partial charge in [-0.1, -0.05) is 42.5 Å². The molecule has 0 aromatic heterocycles. The van der Waals surface area contributed by atoms with Gasteiger partial charge in [-0.3, -0.25) is 15.1 Å². The van der Waals surface area contributed by atoms with Gasteiger partial charge in [0, 0.05) is 7.05 Å². The fourth-order valence-electron chi connectivity index (χ4n) is 3.72. The fraction of sp³-hybridized carbons (Fsp3) is 0.222. The molecular formula is C18H17N3O2. The highest BCUT2D eigenvalue weighted by atomic mass is 16.5. The zero-order valence-electron chi connectivity index (χ0n) is 13.0. The number of amides is 1. The third-order valence-electron chi connectivity index (χ3n) is 4.83. The van der Waals surface area contributed by atoms with Crippen molar-refractivity contribution in [3.63, 3.8) is 0 Å². The molecule has 2 fully saturated rings. The minimum atomic E-state index is -0.901. The van der Waals surface area contributed by atoms with E-state index in [0.29, 0.717) is 0 Å². The van der Waals surface area contributed by atoms with Crippen molar-refractivity contribution in [3.05, 3.63) is 71.5 Å². The van der Waals surface area contributed by atoms with E-state index in [-0.39, 0.29) is 17.9 Å². The first-order chi connectivity index (χ1) is 11.1. The Morgan fingerprint density at radius 3 is 2.65 bits per heavy atom. The van der Waals surface area contributed by atoms with Crippen LogP contribution in [-0.2, 0) is 15.1 Å². The molecule has 0 spiro atoms. The zero-order chi connectivity index (χ0) is 16.2. The predicted molar refractivity (Wildman–Crippen MR) is 86.6 cm³/mol. The number of fused-ring (bicyclic) bond motifs is 4. The SMILES string of the molecule is COC1=CC=C2C(C=C1)N1C(=N)N(C)C(=O)C21c1ccccc1. The molecule has 2 atom stereocenters. The lowest BCUT2D eigenvalue weighted by molar-refractivity contribution is -0.134. The average molecular weight is 307 g/mol. The van der Waals surface area contributed by atoms with E-state index in [0.717, 1.165) is 16.9 Å². The summed E-state index contributed by atoms with van der Waals surface area (Å²) >= 11 is 0. The molecule has 0 bridgehead atoms. The highest BCUT2D eigenvalue weighted by Gasteiger charge is 2.68. The van der Waals surface area contributed by atoms with Crippen LogP contribution in [0.5, 0.6) is 0 Å². The Labute approximate surface area is 134 Å². The van der Waals surface area contributed by atoms with E-state index in [1.807, 2.05) is 59.5 Å². The van der Waals surface area contributed by atoms with Crippen molar-refractivity contribution in [2.45, 2.75) is 11.6 Å². The number of nitrogens with zero attached hydrogens (tertiary/aromatic N) is 2. The number of carbonyl (C=O) groups excluding carboxylic acids is 1.